The molecule has 0 radical (unpaired) electrons. The van der Waals surface area contributed by atoms with Gasteiger partial charge in [-0.05, 0) is 19.8 Å². The number of carbonyl (C=O) groups excluding carboxylic acids is 1. The molecule has 0 spiro atoms. The van der Waals surface area contributed by atoms with E-state index in [1.165, 1.54) is 10.9 Å². The monoisotopic (exact) mass is 289 g/mol. The van der Waals surface area contributed by atoms with Gasteiger partial charge in [-0.1, -0.05) is 12.8 Å². The van der Waals surface area contributed by atoms with E-state index in [1.54, 1.807) is 11.7 Å². The zero-order valence-electron chi connectivity index (χ0n) is 12.3. The summed E-state index contributed by atoms with van der Waals surface area (Å²) in [6.45, 7) is 1.85. The van der Waals surface area contributed by atoms with E-state index >= 15 is 0 Å². The summed E-state index contributed by atoms with van der Waals surface area (Å²) in [4.78, 5) is 28.6. The summed E-state index contributed by atoms with van der Waals surface area (Å²) < 4.78 is 2.95. The molecule has 0 aromatic carbocycles. The van der Waals surface area contributed by atoms with Gasteiger partial charge in [-0.15, -0.1) is 0 Å². The maximum Gasteiger partial charge on any atom is 0.282 e. The second kappa shape index (κ2) is 5.31. The number of amides is 1. The van der Waals surface area contributed by atoms with Crippen molar-refractivity contribution in [3.8, 4) is 0 Å². The highest BCUT2D eigenvalue weighted by Crippen LogP contribution is 2.17. The van der Waals surface area contributed by atoms with Crippen LogP contribution in [0, 0.1) is 6.92 Å². The molecule has 2 heterocycles. The normalized spacial score (nSPS) is 15.7. The Hall–Kier alpha value is -2.18. The first-order valence-electron chi connectivity index (χ1n) is 7.24. The van der Waals surface area contributed by atoms with E-state index in [0.717, 1.165) is 31.4 Å². The van der Waals surface area contributed by atoms with E-state index < -0.39 is 0 Å². The van der Waals surface area contributed by atoms with E-state index in [2.05, 4.69) is 15.4 Å². The molecule has 7 nitrogen and oxygen atoms in total. The predicted molar refractivity (Wildman–Crippen MR) is 77.9 cm³/mol. The van der Waals surface area contributed by atoms with Gasteiger partial charge >= 0.3 is 0 Å². The van der Waals surface area contributed by atoms with Gasteiger partial charge in [-0.3, -0.25) is 18.8 Å². The molecule has 7 heteroatoms. The summed E-state index contributed by atoms with van der Waals surface area (Å²) in [7, 11) is 1.77. The lowest BCUT2D eigenvalue weighted by molar-refractivity contribution is -0.122. The van der Waals surface area contributed by atoms with Crippen molar-refractivity contribution in [2.75, 3.05) is 0 Å². The van der Waals surface area contributed by atoms with Crippen LogP contribution in [-0.2, 0) is 18.4 Å². The average molecular weight is 289 g/mol. The van der Waals surface area contributed by atoms with Gasteiger partial charge in [0.2, 0.25) is 5.91 Å². The lowest BCUT2D eigenvalue weighted by atomic mass is 10.2. The van der Waals surface area contributed by atoms with Gasteiger partial charge in [0.05, 0.1) is 12.0 Å². The van der Waals surface area contributed by atoms with Crippen LogP contribution in [0.1, 0.15) is 31.4 Å². The highest BCUT2D eigenvalue weighted by Gasteiger charge is 2.18. The van der Waals surface area contributed by atoms with Crippen LogP contribution in [-0.4, -0.2) is 31.3 Å². The van der Waals surface area contributed by atoms with Crippen LogP contribution in [0.2, 0.25) is 0 Å². The largest absolute Gasteiger partial charge is 0.352 e. The van der Waals surface area contributed by atoms with Gasteiger partial charge in [0.1, 0.15) is 12.1 Å². The number of aryl methyl sites for hydroxylation is 2. The Morgan fingerprint density at radius 3 is 2.81 bits per heavy atom. The summed E-state index contributed by atoms with van der Waals surface area (Å²) in [5, 5.41) is 7.14. The van der Waals surface area contributed by atoms with Gasteiger partial charge in [-0.2, -0.15) is 5.10 Å². The molecule has 1 saturated carbocycles. The molecule has 0 bridgehead atoms. The van der Waals surface area contributed by atoms with Gasteiger partial charge in [0.25, 0.3) is 5.56 Å². The number of carbonyl (C=O) groups is 1. The molecule has 1 amide bonds. The highest BCUT2D eigenvalue weighted by molar-refractivity contribution is 5.78. The molecule has 2 aromatic heterocycles. The van der Waals surface area contributed by atoms with E-state index in [1.807, 2.05) is 6.92 Å². The predicted octanol–water partition coefficient (Wildman–Crippen LogP) is 0.497. The van der Waals surface area contributed by atoms with Crippen LogP contribution in [0.15, 0.2) is 11.1 Å². The smallest absolute Gasteiger partial charge is 0.282 e. The van der Waals surface area contributed by atoms with Crippen LogP contribution in [0.3, 0.4) is 0 Å². The third kappa shape index (κ3) is 2.55. The summed E-state index contributed by atoms with van der Waals surface area (Å²) in [6.07, 6.45) is 5.79. The second-order valence-electron chi connectivity index (χ2n) is 5.63. The van der Waals surface area contributed by atoms with E-state index in [-0.39, 0.29) is 24.1 Å². The third-order valence-corrected chi connectivity index (χ3v) is 4.13. The Balaban J connectivity index is 1.82. The van der Waals surface area contributed by atoms with Crippen molar-refractivity contribution in [3.05, 3.63) is 22.4 Å². The van der Waals surface area contributed by atoms with Crippen molar-refractivity contribution in [2.45, 2.75) is 45.2 Å². The summed E-state index contributed by atoms with van der Waals surface area (Å²) in [6, 6.07) is 0.252. The molecule has 1 N–H and O–H groups in total. The molecular weight excluding hydrogens is 270 g/mol. The molecule has 0 atom stereocenters. The Kier molecular flexibility index (Phi) is 3.48. The quantitative estimate of drug-likeness (QED) is 0.892. The SMILES string of the molecule is Cc1c2ncn(CC(=O)NC3CCCC3)c(=O)c2nn1C. The van der Waals surface area contributed by atoms with Gasteiger partial charge in [-0.25, -0.2) is 4.98 Å². The molecule has 1 aliphatic rings. The number of hydrogen-bond donors (Lipinski definition) is 1. The molecule has 2 aromatic rings. The number of hydrogen-bond acceptors (Lipinski definition) is 4. The number of nitrogens with zero attached hydrogens (tertiary/aromatic N) is 4. The van der Waals surface area contributed by atoms with E-state index in [0.29, 0.717) is 11.0 Å². The van der Waals surface area contributed by atoms with Crippen LogP contribution < -0.4 is 10.9 Å². The maximum absolute atomic E-state index is 12.3. The highest BCUT2D eigenvalue weighted by atomic mass is 16.2. The van der Waals surface area contributed by atoms with Crippen molar-refractivity contribution in [1.29, 1.82) is 0 Å². The van der Waals surface area contributed by atoms with Gasteiger partial charge in [0.15, 0.2) is 5.52 Å². The second-order valence-corrected chi connectivity index (χ2v) is 5.63. The lowest BCUT2D eigenvalue weighted by Crippen LogP contribution is -2.37. The number of rotatable bonds is 3. The summed E-state index contributed by atoms with van der Waals surface area (Å²) in [5.41, 5.74) is 1.47. The lowest BCUT2D eigenvalue weighted by Gasteiger charge is -2.12. The van der Waals surface area contributed by atoms with Crippen LogP contribution >= 0.6 is 0 Å². The third-order valence-electron chi connectivity index (χ3n) is 4.13. The molecule has 1 fully saturated rings. The molecule has 0 aliphatic heterocycles. The molecule has 21 heavy (non-hydrogen) atoms. The Labute approximate surface area is 122 Å². The topological polar surface area (TPSA) is 81.8 Å². The van der Waals surface area contributed by atoms with Crippen LogP contribution in [0.25, 0.3) is 11.0 Å². The zero-order valence-corrected chi connectivity index (χ0v) is 12.3. The van der Waals surface area contributed by atoms with Crippen LogP contribution in [0.5, 0.6) is 0 Å². The van der Waals surface area contributed by atoms with E-state index in [9.17, 15) is 9.59 Å². The fourth-order valence-corrected chi connectivity index (χ4v) is 2.82. The van der Waals surface area contributed by atoms with Gasteiger partial charge < -0.3 is 5.32 Å². The first-order chi connectivity index (χ1) is 10.1. The van der Waals surface area contributed by atoms with Crippen molar-refractivity contribution >= 4 is 16.9 Å². The first kappa shape index (κ1) is 13.8. The molecular formula is C14H19N5O2. The average Bonchev–Trinajstić information content (AvgIpc) is 3.04. The minimum Gasteiger partial charge on any atom is -0.352 e. The van der Waals surface area contributed by atoms with Gasteiger partial charge in [0, 0.05) is 13.1 Å². The van der Waals surface area contributed by atoms with Crippen molar-refractivity contribution in [3.63, 3.8) is 0 Å². The molecule has 3 rings (SSSR count). The fraction of sp³-hybridized carbons (Fsp3) is 0.571. The standard InChI is InChI=1S/C14H19N5O2/c1-9-12-13(17-18(9)2)14(21)19(8-15-12)7-11(20)16-10-5-3-4-6-10/h8,10H,3-7H2,1-2H3,(H,16,20). The molecule has 0 unspecified atom stereocenters. The number of aromatic nitrogens is 4. The van der Waals surface area contributed by atoms with Crippen LogP contribution in [0.4, 0.5) is 0 Å². The Morgan fingerprint density at radius 1 is 1.38 bits per heavy atom. The summed E-state index contributed by atoms with van der Waals surface area (Å²) >= 11 is 0. The number of fused-ring (bicyclic) bond motifs is 1. The molecule has 0 saturated heterocycles. The molecule has 112 valence electrons. The minimum atomic E-state index is -0.273. The van der Waals surface area contributed by atoms with Crippen molar-refractivity contribution in [2.24, 2.45) is 7.05 Å². The maximum atomic E-state index is 12.3. The minimum absolute atomic E-state index is 0.00606. The van der Waals surface area contributed by atoms with Crippen molar-refractivity contribution < 1.29 is 4.79 Å². The number of nitrogens with one attached hydrogen (secondary N) is 1. The Morgan fingerprint density at radius 2 is 2.10 bits per heavy atom. The van der Waals surface area contributed by atoms with Crippen molar-refractivity contribution in [1.82, 2.24) is 24.6 Å². The van der Waals surface area contributed by atoms with E-state index in [4.69, 9.17) is 0 Å². The molecule has 1 aliphatic carbocycles. The Bertz CT molecular complexity index is 740. The fourth-order valence-electron chi connectivity index (χ4n) is 2.82. The summed E-state index contributed by atoms with van der Waals surface area (Å²) in [5.74, 6) is -0.141. The first-order valence-corrected chi connectivity index (χ1v) is 7.24. The zero-order chi connectivity index (χ0) is 15.0.